The van der Waals surface area contributed by atoms with E-state index in [2.05, 4.69) is 68.1 Å². The molecule has 0 radical (unpaired) electrons. The summed E-state index contributed by atoms with van der Waals surface area (Å²) < 4.78 is 0. The molecule has 44 heteroatoms. The Hall–Kier alpha value is -11.8. The number of para-hydroxylation sites is 1. The number of nitrogens with two attached hydrogens (primary N) is 2. The van der Waals surface area contributed by atoms with E-state index in [-0.39, 0.29) is 122 Å². The van der Waals surface area contributed by atoms with Crippen LogP contribution in [0.1, 0.15) is 161 Å². The summed E-state index contributed by atoms with van der Waals surface area (Å²) in [6, 6.07) is -14.5. The predicted molar refractivity (Wildman–Crippen MR) is 449 cm³/mol. The summed E-state index contributed by atoms with van der Waals surface area (Å²) in [5.41, 5.74) is 13.6. The summed E-state index contributed by atoms with van der Waals surface area (Å²) in [6.45, 7) is 4.51. The normalized spacial score (nSPS) is 21.0. The molecule has 9 rings (SSSR count). The third-order valence-corrected chi connectivity index (χ3v) is 24.1. The fourth-order valence-corrected chi connectivity index (χ4v) is 17.5. The number of carbonyl (C=O) groups excluding carboxylic acids is 17. The lowest BCUT2D eigenvalue weighted by Gasteiger charge is -2.34. The molecule has 0 aliphatic carbocycles. The topological polar surface area (TPSA) is 645 Å². The van der Waals surface area contributed by atoms with Gasteiger partial charge in [0.05, 0.1) is 32.8 Å². The molecular formula is C83H123N21O23. The van der Waals surface area contributed by atoms with E-state index >= 15 is 0 Å². The average Bonchev–Trinajstić information content (AvgIpc) is 1.66. The van der Waals surface area contributed by atoms with Gasteiger partial charge in [-0.1, -0.05) is 45.9 Å². The number of carbonyl (C=O) groups is 18. The zero-order valence-electron chi connectivity index (χ0n) is 72.2. The molecule has 1 aromatic carbocycles. The van der Waals surface area contributed by atoms with Crippen molar-refractivity contribution in [2.75, 3.05) is 72.2 Å². The molecule has 17 amide bonds. The average molecular weight is 1780 g/mol. The quantitative estimate of drug-likeness (QED) is 0.0234. The van der Waals surface area contributed by atoms with E-state index in [1.807, 2.05) is 24.3 Å². The van der Waals surface area contributed by atoms with E-state index in [1.165, 1.54) is 37.0 Å². The van der Waals surface area contributed by atoms with Gasteiger partial charge in [-0.05, 0) is 139 Å². The number of carboxylic acid groups (broad SMARTS) is 1. The SMILES string of the molecule is CC(=O)N[C@@H](CO)C(=O)N[C@@H](CCC(=O)O)C(=O)N1CCC[C@H]1C(=O)N1CCC[C@H]1C(=O)N[C@@H](CO)C(=O)N1CCC[C@H]1C(=O)N[C@@H](CO)C(=O)N[C@H](C(=O)N[C@@H](CC(C)C)C(=O)N1CCC[C@H]1C(=O)N[C@@H](CCCCN)C(=O)N1CCC[C@H]1C(=O)N1CCC[C@H]1C(=O)N[C@@H](CO)C(=O)N[C@@H](Cc1cnc[nH]1)C(=O)N[C@@H](Cc1c[nH]c2ccccc12)C(N)=O)C(C)C. The first kappa shape index (κ1) is 99.0. The van der Waals surface area contributed by atoms with Gasteiger partial charge in [0.15, 0.2) is 0 Å². The molecule has 0 spiro atoms. The molecule has 6 saturated heterocycles. The fourth-order valence-electron chi connectivity index (χ4n) is 17.5. The predicted octanol–water partition coefficient (Wildman–Crippen LogP) is -6.36. The molecule has 2 aromatic heterocycles. The number of aromatic nitrogens is 3. The number of primary amides is 1. The highest BCUT2D eigenvalue weighted by Gasteiger charge is 2.49. The lowest BCUT2D eigenvalue weighted by molar-refractivity contribution is -0.149. The van der Waals surface area contributed by atoms with Gasteiger partial charge >= 0.3 is 5.97 Å². The molecule has 6 fully saturated rings. The zero-order valence-corrected chi connectivity index (χ0v) is 72.2. The number of unbranched alkanes of at least 4 members (excludes halogenated alkanes) is 1. The van der Waals surface area contributed by atoms with Crippen LogP contribution in [0.25, 0.3) is 10.9 Å². The van der Waals surface area contributed by atoms with Gasteiger partial charge in [-0.15, -0.1) is 0 Å². The van der Waals surface area contributed by atoms with Crippen molar-refractivity contribution >= 4 is 117 Å². The van der Waals surface area contributed by atoms with E-state index in [4.69, 9.17) is 11.5 Å². The molecule has 44 nitrogen and oxygen atoms in total. The van der Waals surface area contributed by atoms with Crippen LogP contribution >= 0.6 is 0 Å². The molecule has 698 valence electrons. The molecule has 3 aromatic rings. The van der Waals surface area contributed by atoms with E-state index in [1.54, 1.807) is 33.9 Å². The number of aromatic amines is 2. The van der Waals surface area contributed by atoms with E-state index in [0.29, 0.717) is 56.2 Å². The molecule has 0 bridgehead atoms. The molecule has 0 saturated carbocycles. The maximum atomic E-state index is 15.0. The highest BCUT2D eigenvalue weighted by atomic mass is 16.4. The Morgan fingerprint density at radius 1 is 0.449 bits per heavy atom. The zero-order chi connectivity index (χ0) is 92.6. The summed E-state index contributed by atoms with van der Waals surface area (Å²) in [7, 11) is 0. The second kappa shape index (κ2) is 46.6. The standard InChI is InChI=1S/C83H123N21O23/c1-44(2)34-55(94-77(121)67(45(3)4)98-72(116)58(41-107)96-74(118)61-20-11-29-100(61)81(125)59(42-108)97-76(120)63-22-13-31-102(63)83(127)65-24-15-33-104(65)79(123)52(25-26-66(110)111)90-70(114)56(39-105)89-46(5)109)80(124)99-28-10-19-60(99)73(117)91-51(18-8-9-27-84)78(122)103-32-14-23-64(103)82(126)101-30-12-21-62(101)75(119)95-57(40-106)71(115)93-54(36-48-38-86-43-88-48)69(113)92-53(68(85)112)35-47-37-87-50-17-7-6-16-49(47)50/h6-7,16-17,37-38,43-45,51-65,67,87,105-108H,8-15,18-36,39-42,84H2,1-5H3,(H2,85,112)(H,86,88)(H,89,109)(H,90,114)(H,91,117)(H,92,113)(H,93,115)(H,94,121)(H,95,119)(H,96,118)(H,97,120)(H,98,116)(H,110,111)/t51-,52-,53-,54-,55-,56-,57-,58-,59-,60-,61-,62-,63-,64-,65-,67-/m0/s1. The van der Waals surface area contributed by atoms with Crippen molar-refractivity contribution < 1.29 is 112 Å². The van der Waals surface area contributed by atoms with Crippen LogP contribution in [0.2, 0.25) is 0 Å². The number of amides is 17. The van der Waals surface area contributed by atoms with Gasteiger partial charge in [-0.2, -0.15) is 0 Å². The number of H-pyrrole nitrogens is 2. The molecule has 0 unspecified atom stereocenters. The van der Waals surface area contributed by atoms with Crippen molar-refractivity contribution in [2.24, 2.45) is 23.3 Å². The lowest BCUT2D eigenvalue weighted by Crippen LogP contribution is -2.62. The van der Waals surface area contributed by atoms with Crippen molar-refractivity contribution in [3.05, 3.63) is 54.2 Å². The van der Waals surface area contributed by atoms with Crippen molar-refractivity contribution in [2.45, 2.75) is 260 Å². The molecule has 127 heavy (non-hydrogen) atoms. The summed E-state index contributed by atoms with van der Waals surface area (Å²) in [5, 5.41) is 77.4. The van der Waals surface area contributed by atoms with Gasteiger partial charge in [0.1, 0.15) is 96.7 Å². The minimum Gasteiger partial charge on any atom is -0.481 e. The van der Waals surface area contributed by atoms with Gasteiger partial charge in [-0.3, -0.25) is 86.3 Å². The van der Waals surface area contributed by atoms with Gasteiger partial charge in [-0.25, -0.2) is 4.98 Å². The number of hydrogen-bond acceptors (Lipinski definition) is 24. The minimum atomic E-state index is -1.74. The second-order valence-corrected chi connectivity index (χ2v) is 33.9. The molecule has 21 N–H and O–H groups in total. The van der Waals surface area contributed by atoms with E-state index < -0.39 is 248 Å². The number of rotatable bonds is 44. The summed E-state index contributed by atoms with van der Waals surface area (Å²) in [6.07, 6.45) is 6.75. The Kier molecular flexibility index (Phi) is 36.4. The largest absolute Gasteiger partial charge is 0.481 e. The van der Waals surface area contributed by atoms with Crippen LogP contribution < -0.4 is 64.6 Å². The van der Waals surface area contributed by atoms with Gasteiger partial charge < -0.3 is 130 Å². The number of imidazole rings is 1. The third-order valence-electron chi connectivity index (χ3n) is 24.1. The van der Waals surface area contributed by atoms with Crippen molar-refractivity contribution in [1.82, 2.24) is 97.5 Å². The third kappa shape index (κ3) is 25.6. The first-order chi connectivity index (χ1) is 60.6. The van der Waals surface area contributed by atoms with Crippen molar-refractivity contribution in [3.63, 3.8) is 0 Å². The molecule has 6 aliphatic heterocycles. The number of hydrogen-bond donors (Lipinski definition) is 19. The summed E-state index contributed by atoms with van der Waals surface area (Å²) in [5.74, 6) is -16.0. The second-order valence-electron chi connectivity index (χ2n) is 33.9. The van der Waals surface area contributed by atoms with Gasteiger partial charge in [0.2, 0.25) is 100 Å². The molecule has 16 atom stereocenters. The van der Waals surface area contributed by atoms with Crippen molar-refractivity contribution in [1.29, 1.82) is 0 Å². The van der Waals surface area contributed by atoms with Gasteiger partial charge in [0.25, 0.3) is 0 Å². The molecular weight excluding hydrogens is 1660 g/mol. The summed E-state index contributed by atoms with van der Waals surface area (Å²) in [4.78, 5) is 268. The Bertz CT molecular complexity index is 4450. The number of carboxylic acids is 1. The highest BCUT2D eigenvalue weighted by Crippen LogP contribution is 2.31. The molecule has 6 aliphatic rings. The monoisotopic (exact) mass is 1780 g/mol. The van der Waals surface area contributed by atoms with Crippen molar-refractivity contribution in [3.8, 4) is 0 Å². The van der Waals surface area contributed by atoms with E-state index in [9.17, 15) is 112 Å². The summed E-state index contributed by atoms with van der Waals surface area (Å²) >= 11 is 0. The fraction of sp³-hybridized carbons (Fsp3) is 0.651. The Labute approximate surface area is 733 Å². The maximum Gasteiger partial charge on any atom is 0.303 e. The number of nitrogens with zero attached hydrogens (tertiary/aromatic N) is 7. The smallest absolute Gasteiger partial charge is 0.303 e. The number of fused-ring (bicyclic) bond motifs is 1. The lowest BCUT2D eigenvalue weighted by atomic mass is 9.99. The number of aliphatic hydroxyl groups is 4. The Morgan fingerprint density at radius 2 is 0.850 bits per heavy atom. The van der Waals surface area contributed by atoms with Gasteiger partial charge in [0, 0.05) is 94.4 Å². The molecule has 8 heterocycles. The minimum absolute atomic E-state index is 0.00424. The number of benzene rings is 1. The highest BCUT2D eigenvalue weighted by molar-refractivity contribution is 6.02. The Morgan fingerprint density at radius 3 is 1.31 bits per heavy atom. The first-order valence-electron chi connectivity index (χ1n) is 43.6. The maximum absolute atomic E-state index is 15.0. The number of aliphatic hydroxyl groups excluding tert-OH is 4. The number of likely N-dealkylation sites (tertiary alicyclic amines) is 6. The van der Waals surface area contributed by atoms with Crippen LogP contribution in [-0.4, -0.2) is 345 Å². The van der Waals surface area contributed by atoms with Crippen LogP contribution in [0.5, 0.6) is 0 Å². The Balaban J connectivity index is 0.785. The van der Waals surface area contributed by atoms with E-state index in [0.717, 1.165) is 22.7 Å². The number of nitrogens with one attached hydrogen (secondary N) is 12. The number of aliphatic carboxylic acids is 1. The van der Waals surface area contributed by atoms with Crippen LogP contribution in [0, 0.1) is 11.8 Å². The van der Waals surface area contributed by atoms with Crippen LogP contribution in [0.15, 0.2) is 43.0 Å². The first-order valence-corrected chi connectivity index (χ1v) is 43.6. The van der Waals surface area contributed by atoms with Crippen LogP contribution in [0.4, 0.5) is 0 Å². The van der Waals surface area contributed by atoms with Crippen LogP contribution in [0.3, 0.4) is 0 Å². The van der Waals surface area contributed by atoms with Crippen LogP contribution in [-0.2, 0) is 99.1 Å².